The molecule has 21 heavy (non-hydrogen) atoms. The van der Waals surface area contributed by atoms with E-state index in [9.17, 15) is 4.79 Å². The maximum Gasteiger partial charge on any atom is 0.222 e. The standard InChI is InChI=1S/C16H26N4O/c1-16(2,3)15-18-12-9-17-8-7-13(12)20(15)11-5-6-14(21)19(4)10-11/h11,17H,5-10H2,1-4H3. The molecule has 1 saturated heterocycles. The van der Waals surface area contributed by atoms with Crippen molar-refractivity contribution in [2.75, 3.05) is 20.1 Å². The van der Waals surface area contributed by atoms with Crippen LogP contribution in [0, 0.1) is 0 Å². The summed E-state index contributed by atoms with van der Waals surface area (Å²) in [6.07, 6.45) is 2.62. The molecule has 1 unspecified atom stereocenters. The zero-order valence-corrected chi connectivity index (χ0v) is 13.6. The number of fused-ring (bicyclic) bond motifs is 1. The van der Waals surface area contributed by atoms with Gasteiger partial charge in [-0.1, -0.05) is 20.8 Å². The minimum atomic E-state index is 0.0252. The zero-order valence-electron chi connectivity index (χ0n) is 13.6. The number of imidazole rings is 1. The maximum absolute atomic E-state index is 11.8. The summed E-state index contributed by atoms with van der Waals surface area (Å²) < 4.78 is 2.46. The van der Waals surface area contributed by atoms with Crippen LogP contribution in [0.2, 0.25) is 0 Å². The molecule has 1 aromatic heterocycles. The number of carbonyl (C=O) groups is 1. The van der Waals surface area contributed by atoms with E-state index in [0.29, 0.717) is 12.5 Å². The molecule has 1 N–H and O–H groups in total. The van der Waals surface area contributed by atoms with Gasteiger partial charge in [0.1, 0.15) is 5.82 Å². The first-order valence-electron chi connectivity index (χ1n) is 7.93. The Morgan fingerprint density at radius 1 is 1.29 bits per heavy atom. The van der Waals surface area contributed by atoms with Gasteiger partial charge in [0.15, 0.2) is 0 Å². The van der Waals surface area contributed by atoms with Gasteiger partial charge in [-0.15, -0.1) is 0 Å². The summed E-state index contributed by atoms with van der Waals surface area (Å²) in [6.45, 7) is 9.36. The Bertz CT molecular complexity index is 555. The quantitative estimate of drug-likeness (QED) is 0.855. The van der Waals surface area contributed by atoms with Gasteiger partial charge in [-0.2, -0.15) is 0 Å². The number of nitrogens with zero attached hydrogens (tertiary/aromatic N) is 3. The summed E-state index contributed by atoms with van der Waals surface area (Å²) in [5.74, 6) is 1.43. The molecule has 5 heteroatoms. The first-order valence-corrected chi connectivity index (χ1v) is 7.93. The number of hydrogen-bond donors (Lipinski definition) is 1. The van der Waals surface area contributed by atoms with E-state index in [1.54, 1.807) is 0 Å². The van der Waals surface area contributed by atoms with Crippen LogP contribution in [0.4, 0.5) is 0 Å². The van der Waals surface area contributed by atoms with Crippen LogP contribution in [-0.2, 0) is 23.2 Å². The first kappa shape index (κ1) is 14.6. The van der Waals surface area contributed by atoms with Crippen molar-refractivity contribution in [3.05, 3.63) is 17.2 Å². The topological polar surface area (TPSA) is 50.2 Å². The van der Waals surface area contributed by atoms with Crippen molar-refractivity contribution in [3.63, 3.8) is 0 Å². The molecule has 0 aromatic carbocycles. The third-order valence-corrected chi connectivity index (χ3v) is 4.56. The Labute approximate surface area is 126 Å². The summed E-state index contributed by atoms with van der Waals surface area (Å²) in [4.78, 5) is 18.6. The molecule has 1 amide bonds. The molecule has 1 aromatic rings. The Hall–Kier alpha value is -1.36. The minimum absolute atomic E-state index is 0.0252. The SMILES string of the molecule is CN1CC(n2c(C(C)(C)C)nc3c2CCNC3)CCC1=O. The van der Waals surface area contributed by atoms with Gasteiger partial charge in [0.05, 0.1) is 11.7 Å². The Balaban J connectivity index is 2.03. The van der Waals surface area contributed by atoms with Gasteiger partial charge in [-0.3, -0.25) is 4.79 Å². The second-order valence-corrected chi connectivity index (χ2v) is 7.34. The van der Waals surface area contributed by atoms with E-state index < -0.39 is 0 Å². The summed E-state index contributed by atoms with van der Waals surface area (Å²) in [7, 11) is 1.91. The molecule has 116 valence electrons. The molecular formula is C16H26N4O. The average molecular weight is 290 g/mol. The highest BCUT2D eigenvalue weighted by atomic mass is 16.2. The van der Waals surface area contributed by atoms with Crippen molar-refractivity contribution in [3.8, 4) is 0 Å². The molecule has 3 rings (SSSR count). The van der Waals surface area contributed by atoms with Gasteiger partial charge in [0, 0.05) is 50.6 Å². The smallest absolute Gasteiger partial charge is 0.222 e. The molecular weight excluding hydrogens is 264 g/mol. The predicted octanol–water partition coefficient (Wildman–Crippen LogP) is 1.62. The Morgan fingerprint density at radius 3 is 2.71 bits per heavy atom. The number of carbonyl (C=O) groups excluding carboxylic acids is 1. The minimum Gasteiger partial charge on any atom is -0.344 e. The van der Waals surface area contributed by atoms with Crippen molar-refractivity contribution in [1.29, 1.82) is 0 Å². The largest absolute Gasteiger partial charge is 0.344 e. The first-order chi connectivity index (χ1) is 9.88. The van der Waals surface area contributed by atoms with Crippen molar-refractivity contribution in [2.24, 2.45) is 0 Å². The fourth-order valence-corrected chi connectivity index (χ4v) is 3.46. The monoisotopic (exact) mass is 290 g/mol. The van der Waals surface area contributed by atoms with E-state index in [4.69, 9.17) is 4.98 Å². The van der Waals surface area contributed by atoms with E-state index in [2.05, 4.69) is 30.7 Å². The van der Waals surface area contributed by atoms with Gasteiger partial charge >= 0.3 is 0 Å². The average Bonchev–Trinajstić information content (AvgIpc) is 2.81. The van der Waals surface area contributed by atoms with Crippen LogP contribution in [0.25, 0.3) is 0 Å². The lowest BCUT2D eigenvalue weighted by Crippen LogP contribution is -2.40. The normalized spacial score (nSPS) is 23.3. The highest BCUT2D eigenvalue weighted by Gasteiger charge is 2.33. The summed E-state index contributed by atoms with van der Waals surface area (Å²) >= 11 is 0. The predicted molar refractivity (Wildman–Crippen MR) is 82.2 cm³/mol. The number of rotatable bonds is 1. The zero-order chi connectivity index (χ0) is 15.2. The van der Waals surface area contributed by atoms with Crippen LogP contribution < -0.4 is 5.32 Å². The number of hydrogen-bond acceptors (Lipinski definition) is 3. The molecule has 1 atom stereocenters. The third-order valence-electron chi connectivity index (χ3n) is 4.56. The maximum atomic E-state index is 11.8. The van der Waals surface area contributed by atoms with Crippen LogP contribution in [0.5, 0.6) is 0 Å². The van der Waals surface area contributed by atoms with Gasteiger partial charge in [-0.05, 0) is 6.42 Å². The Kier molecular flexibility index (Phi) is 3.56. The second kappa shape index (κ2) is 5.13. The number of likely N-dealkylation sites (tertiary alicyclic amines) is 1. The molecule has 3 heterocycles. The summed E-state index contributed by atoms with van der Waals surface area (Å²) in [5.41, 5.74) is 2.61. The second-order valence-electron chi connectivity index (χ2n) is 7.34. The molecule has 0 bridgehead atoms. The third kappa shape index (κ3) is 2.59. The number of likely N-dealkylation sites (N-methyl/N-ethyl adjacent to an activating group) is 1. The van der Waals surface area contributed by atoms with E-state index in [1.165, 1.54) is 17.2 Å². The van der Waals surface area contributed by atoms with Crippen molar-refractivity contribution in [2.45, 2.75) is 58.0 Å². The lowest BCUT2D eigenvalue weighted by Gasteiger charge is -2.34. The van der Waals surface area contributed by atoms with Crippen molar-refractivity contribution in [1.82, 2.24) is 19.8 Å². The molecule has 2 aliphatic heterocycles. The van der Waals surface area contributed by atoms with Crippen LogP contribution in [-0.4, -0.2) is 40.5 Å². The van der Waals surface area contributed by atoms with E-state index in [-0.39, 0.29) is 11.3 Å². The van der Waals surface area contributed by atoms with Gasteiger partial charge < -0.3 is 14.8 Å². The molecule has 2 aliphatic rings. The number of piperidine rings is 1. The Morgan fingerprint density at radius 2 is 2.05 bits per heavy atom. The van der Waals surface area contributed by atoms with E-state index in [1.807, 2.05) is 11.9 Å². The van der Waals surface area contributed by atoms with Gasteiger partial charge in [0.2, 0.25) is 5.91 Å². The van der Waals surface area contributed by atoms with E-state index in [0.717, 1.165) is 32.5 Å². The highest BCUT2D eigenvalue weighted by molar-refractivity contribution is 5.76. The fourth-order valence-electron chi connectivity index (χ4n) is 3.46. The van der Waals surface area contributed by atoms with Crippen LogP contribution >= 0.6 is 0 Å². The fraction of sp³-hybridized carbons (Fsp3) is 0.750. The lowest BCUT2D eigenvalue weighted by molar-refractivity contribution is -0.132. The molecule has 1 fully saturated rings. The van der Waals surface area contributed by atoms with Gasteiger partial charge in [-0.25, -0.2) is 4.98 Å². The lowest BCUT2D eigenvalue weighted by atomic mass is 9.94. The van der Waals surface area contributed by atoms with Crippen LogP contribution in [0.15, 0.2) is 0 Å². The number of amides is 1. The molecule has 0 aliphatic carbocycles. The number of nitrogens with one attached hydrogen (secondary N) is 1. The molecule has 0 radical (unpaired) electrons. The van der Waals surface area contributed by atoms with Crippen LogP contribution in [0.1, 0.15) is 56.9 Å². The van der Waals surface area contributed by atoms with Gasteiger partial charge in [0.25, 0.3) is 0 Å². The summed E-state index contributed by atoms with van der Waals surface area (Å²) in [6, 6.07) is 0.372. The molecule has 0 saturated carbocycles. The van der Waals surface area contributed by atoms with Crippen molar-refractivity contribution >= 4 is 5.91 Å². The van der Waals surface area contributed by atoms with Crippen molar-refractivity contribution < 1.29 is 4.79 Å². The highest BCUT2D eigenvalue weighted by Crippen LogP contribution is 2.33. The van der Waals surface area contributed by atoms with E-state index >= 15 is 0 Å². The molecule has 5 nitrogen and oxygen atoms in total. The molecule has 0 spiro atoms. The van der Waals surface area contributed by atoms with Crippen LogP contribution in [0.3, 0.4) is 0 Å². The summed E-state index contributed by atoms with van der Waals surface area (Å²) in [5, 5.41) is 3.41. The number of aromatic nitrogens is 2.